The maximum Gasteiger partial charge on any atom is 0.223 e. The highest BCUT2D eigenvalue weighted by Crippen LogP contribution is 2.33. The van der Waals surface area contributed by atoms with E-state index < -0.39 is 5.60 Å². The van der Waals surface area contributed by atoms with Crippen molar-refractivity contribution in [3.05, 3.63) is 0 Å². The molecule has 0 spiro atoms. The molecule has 0 bridgehead atoms. The molecule has 0 radical (unpaired) electrons. The van der Waals surface area contributed by atoms with Gasteiger partial charge in [0.1, 0.15) is 0 Å². The number of nitrogens with zero attached hydrogens (tertiary/aromatic N) is 1. The molecule has 3 N–H and O–H groups in total. The van der Waals surface area contributed by atoms with Gasteiger partial charge in [0.05, 0.1) is 5.60 Å². The van der Waals surface area contributed by atoms with E-state index >= 15 is 0 Å². The van der Waals surface area contributed by atoms with E-state index in [0.29, 0.717) is 18.9 Å². The van der Waals surface area contributed by atoms with Crippen LogP contribution in [0.5, 0.6) is 0 Å². The first-order valence-corrected chi connectivity index (χ1v) is 6.72. The van der Waals surface area contributed by atoms with Crippen molar-refractivity contribution in [3.63, 3.8) is 0 Å². The minimum absolute atomic E-state index is 0.0168. The number of carbonyl (C=O) groups is 1. The fraction of sp³-hybridized carbons (Fsp3) is 0.923. The molecule has 2 aliphatic rings. The van der Waals surface area contributed by atoms with Gasteiger partial charge in [0.25, 0.3) is 0 Å². The van der Waals surface area contributed by atoms with Crippen LogP contribution >= 0.6 is 0 Å². The van der Waals surface area contributed by atoms with Crippen LogP contribution < -0.4 is 5.73 Å². The second-order valence-corrected chi connectivity index (χ2v) is 5.89. The van der Waals surface area contributed by atoms with Crippen LogP contribution in [0.4, 0.5) is 0 Å². The van der Waals surface area contributed by atoms with Crippen molar-refractivity contribution in [1.29, 1.82) is 0 Å². The second-order valence-electron chi connectivity index (χ2n) is 5.89. The number of likely N-dealkylation sites (N-methyl/N-ethyl adjacent to an activating group) is 1. The van der Waals surface area contributed by atoms with Gasteiger partial charge in [-0.1, -0.05) is 12.8 Å². The molecule has 2 fully saturated rings. The molecule has 0 saturated heterocycles. The van der Waals surface area contributed by atoms with Gasteiger partial charge >= 0.3 is 0 Å². The summed E-state index contributed by atoms with van der Waals surface area (Å²) in [5.74, 6) is 0.631. The van der Waals surface area contributed by atoms with Crippen molar-refractivity contribution >= 4 is 5.91 Å². The lowest BCUT2D eigenvalue weighted by Gasteiger charge is -2.29. The van der Waals surface area contributed by atoms with Gasteiger partial charge in [-0.05, 0) is 31.6 Å². The summed E-state index contributed by atoms with van der Waals surface area (Å²) in [6.07, 6.45) is 6.54. The zero-order chi connectivity index (χ0) is 12.5. The largest absolute Gasteiger partial charge is 0.388 e. The van der Waals surface area contributed by atoms with Crippen LogP contribution in [-0.4, -0.2) is 41.1 Å². The number of hydrogen-bond donors (Lipinski definition) is 2. The Bertz CT molecular complexity index is 283. The Morgan fingerprint density at radius 1 is 1.47 bits per heavy atom. The summed E-state index contributed by atoms with van der Waals surface area (Å²) in [6.45, 7) is 0.462. The van der Waals surface area contributed by atoms with Gasteiger partial charge in [-0.3, -0.25) is 4.79 Å². The van der Waals surface area contributed by atoms with Crippen molar-refractivity contribution < 1.29 is 9.90 Å². The van der Waals surface area contributed by atoms with Crippen LogP contribution in [0.3, 0.4) is 0 Å². The fourth-order valence-electron chi connectivity index (χ4n) is 2.77. The topological polar surface area (TPSA) is 66.6 Å². The molecule has 2 aliphatic carbocycles. The van der Waals surface area contributed by atoms with Gasteiger partial charge in [-0.15, -0.1) is 0 Å². The summed E-state index contributed by atoms with van der Waals surface area (Å²) in [5.41, 5.74) is 5.30. The Balaban J connectivity index is 1.77. The highest BCUT2D eigenvalue weighted by Gasteiger charge is 2.35. The quantitative estimate of drug-likeness (QED) is 0.749. The van der Waals surface area contributed by atoms with E-state index in [4.69, 9.17) is 5.73 Å². The van der Waals surface area contributed by atoms with Crippen molar-refractivity contribution in [2.45, 2.75) is 56.6 Å². The molecular formula is C13H24N2O2. The SMILES string of the molecule is CN(CC1(O)CCCC1)C(=O)CC(N)C1CC1. The average Bonchev–Trinajstić information content (AvgIpc) is 3.02. The maximum absolute atomic E-state index is 12.0. The van der Waals surface area contributed by atoms with E-state index in [1.54, 1.807) is 11.9 Å². The van der Waals surface area contributed by atoms with E-state index in [-0.39, 0.29) is 11.9 Å². The van der Waals surface area contributed by atoms with E-state index in [0.717, 1.165) is 25.7 Å². The molecule has 98 valence electrons. The van der Waals surface area contributed by atoms with Gasteiger partial charge in [0.2, 0.25) is 5.91 Å². The zero-order valence-electron chi connectivity index (χ0n) is 10.7. The smallest absolute Gasteiger partial charge is 0.223 e. The Morgan fingerprint density at radius 3 is 2.59 bits per heavy atom. The Morgan fingerprint density at radius 2 is 2.06 bits per heavy atom. The van der Waals surface area contributed by atoms with Crippen LogP contribution in [0.25, 0.3) is 0 Å². The molecule has 0 heterocycles. The number of aliphatic hydroxyl groups is 1. The van der Waals surface area contributed by atoms with Crippen molar-refractivity contribution in [2.24, 2.45) is 11.7 Å². The summed E-state index contributed by atoms with van der Waals surface area (Å²) in [5, 5.41) is 10.2. The normalized spacial score (nSPS) is 24.6. The van der Waals surface area contributed by atoms with Gasteiger partial charge < -0.3 is 15.7 Å². The van der Waals surface area contributed by atoms with Crippen molar-refractivity contribution in [3.8, 4) is 0 Å². The third-order valence-electron chi connectivity index (χ3n) is 4.13. The van der Waals surface area contributed by atoms with Gasteiger partial charge in [-0.2, -0.15) is 0 Å². The van der Waals surface area contributed by atoms with Crippen LogP contribution in [0.2, 0.25) is 0 Å². The number of carbonyl (C=O) groups excluding carboxylic acids is 1. The first kappa shape index (κ1) is 12.8. The summed E-state index contributed by atoms with van der Waals surface area (Å²) >= 11 is 0. The van der Waals surface area contributed by atoms with Crippen LogP contribution in [0.15, 0.2) is 0 Å². The number of nitrogens with two attached hydrogens (primary N) is 1. The lowest BCUT2D eigenvalue weighted by Crippen LogP contribution is -2.43. The molecule has 2 saturated carbocycles. The van der Waals surface area contributed by atoms with E-state index in [2.05, 4.69) is 0 Å². The monoisotopic (exact) mass is 240 g/mol. The van der Waals surface area contributed by atoms with E-state index in [1.807, 2.05) is 0 Å². The second kappa shape index (κ2) is 4.94. The highest BCUT2D eigenvalue weighted by atomic mass is 16.3. The predicted molar refractivity (Wildman–Crippen MR) is 66.4 cm³/mol. The van der Waals surface area contributed by atoms with Crippen molar-refractivity contribution in [2.75, 3.05) is 13.6 Å². The molecule has 0 aromatic rings. The Kier molecular flexibility index (Phi) is 3.73. The Hall–Kier alpha value is -0.610. The van der Waals surface area contributed by atoms with Crippen LogP contribution in [-0.2, 0) is 4.79 Å². The van der Waals surface area contributed by atoms with Crippen molar-refractivity contribution in [1.82, 2.24) is 4.90 Å². The summed E-state index contributed by atoms with van der Waals surface area (Å²) in [7, 11) is 1.78. The molecule has 4 nitrogen and oxygen atoms in total. The van der Waals surface area contributed by atoms with Gasteiger partial charge in [-0.25, -0.2) is 0 Å². The molecule has 1 atom stereocenters. The third-order valence-corrected chi connectivity index (χ3v) is 4.13. The molecule has 0 aromatic heterocycles. The average molecular weight is 240 g/mol. The molecule has 2 rings (SSSR count). The molecule has 0 aromatic carbocycles. The lowest BCUT2D eigenvalue weighted by atomic mass is 10.0. The first-order chi connectivity index (χ1) is 8.00. The highest BCUT2D eigenvalue weighted by molar-refractivity contribution is 5.76. The molecular weight excluding hydrogens is 216 g/mol. The van der Waals surface area contributed by atoms with Crippen LogP contribution in [0.1, 0.15) is 44.9 Å². The standard InChI is InChI=1S/C13H24N2O2/c1-15(9-13(17)6-2-3-7-13)12(16)8-11(14)10-4-5-10/h10-11,17H,2-9,14H2,1H3. The summed E-state index contributed by atoms with van der Waals surface area (Å²) in [6, 6.07) is 0.0168. The minimum atomic E-state index is -0.645. The maximum atomic E-state index is 12.0. The third kappa shape index (κ3) is 3.42. The molecule has 4 heteroatoms. The number of amides is 1. The van der Waals surface area contributed by atoms with Gasteiger partial charge in [0, 0.05) is 26.1 Å². The minimum Gasteiger partial charge on any atom is -0.388 e. The number of rotatable bonds is 5. The Labute approximate surface area is 103 Å². The van der Waals surface area contributed by atoms with E-state index in [9.17, 15) is 9.90 Å². The summed E-state index contributed by atoms with van der Waals surface area (Å²) < 4.78 is 0. The zero-order valence-corrected chi connectivity index (χ0v) is 10.7. The first-order valence-electron chi connectivity index (χ1n) is 6.72. The lowest BCUT2D eigenvalue weighted by molar-refractivity contribution is -0.133. The summed E-state index contributed by atoms with van der Waals surface area (Å²) in [4.78, 5) is 13.6. The predicted octanol–water partition coefficient (Wildman–Crippen LogP) is 0.877. The van der Waals surface area contributed by atoms with E-state index in [1.165, 1.54) is 12.8 Å². The number of hydrogen-bond acceptors (Lipinski definition) is 3. The molecule has 1 amide bonds. The fourth-order valence-corrected chi connectivity index (χ4v) is 2.77. The molecule has 1 unspecified atom stereocenters. The molecule has 0 aliphatic heterocycles. The van der Waals surface area contributed by atoms with Gasteiger partial charge in [0.15, 0.2) is 0 Å². The molecule has 17 heavy (non-hydrogen) atoms. The van der Waals surface area contributed by atoms with Crippen LogP contribution in [0, 0.1) is 5.92 Å².